The van der Waals surface area contributed by atoms with Gasteiger partial charge in [0.2, 0.25) is 5.91 Å². The van der Waals surface area contributed by atoms with Crippen LogP contribution in [0.5, 0.6) is 0 Å². The molecule has 2 bridgehead atoms. The molecular formula is C20H26Cl2N4O3. The van der Waals surface area contributed by atoms with Crippen LogP contribution in [0.3, 0.4) is 0 Å². The van der Waals surface area contributed by atoms with Crippen molar-refractivity contribution < 1.29 is 14.3 Å². The fourth-order valence-electron chi connectivity index (χ4n) is 3.14. The number of pyridine rings is 1. The van der Waals surface area contributed by atoms with Crippen LogP contribution in [0, 0.1) is 5.92 Å². The maximum Gasteiger partial charge on any atom is 0.411 e. The summed E-state index contributed by atoms with van der Waals surface area (Å²) in [6, 6.07) is 9.00. The Kier molecular flexibility index (Phi) is 9.36. The second kappa shape index (κ2) is 11.0. The van der Waals surface area contributed by atoms with Gasteiger partial charge < -0.3 is 15.8 Å². The van der Waals surface area contributed by atoms with Crippen molar-refractivity contribution in [2.24, 2.45) is 11.7 Å². The van der Waals surface area contributed by atoms with E-state index in [4.69, 9.17) is 5.73 Å². The van der Waals surface area contributed by atoms with Crippen molar-refractivity contribution in [1.82, 2.24) is 4.98 Å². The van der Waals surface area contributed by atoms with E-state index < -0.39 is 6.09 Å². The van der Waals surface area contributed by atoms with Gasteiger partial charge in [0.15, 0.2) is 0 Å². The maximum absolute atomic E-state index is 12.6. The van der Waals surface area contributed by atoms with Gasteiger partial charge in [-0.25, -0.2) is 4.79 Å². The second-order valence-electron chi connectivity index (χ2n) is 6.77. The molecule has 9 heteroatoms. The number of fused-ring (bicyclic) bond motifs is 4. The van der Waals surface area contributed by atoms with E-state index >= 15 is 0 Å². The van der Waals surface area contributed by atoms with Gasteiger partial charge in [0.05, 0.1) is 18.5 Å². The lowest BCUT2D eigenvalue weighted by molar-refractivity contribution is -0.119. The Balaban J connectivity index is 0.00000210. The van der Waals surface area contributed by atoms with Gasteiger partial charge in [-0.2, -0.15) is 0 Å². The lowest BCUT2D eigenvalue weighted by Crippen LogP contribution is -2.22. The molecule has 0 saturated carbocycles. The summed E-state index contributed by atoms with van der Waals surface area (Å²) in [5.41, 5.74) is 10.0. The summed E-state index contributed by atoms with van der Waals surface area (Å²) < 4.78 is 4.64. The largest absolute Gasteiger partial charge is 0.453 e. The molecular weight excluding hydrogens is 415 g/mol. The van der Waals surface area contributed by atoms with Crippen LogP contribution in [0.1, 0.15) is 37.9 Å². The molecule has 2 heterocycles. The van der Waals surface area contributed by atoms with Crippen molar-refractivity contribution >= 4 is 48.2 Å². The lowest BCUT2D eigenvalue weighted by Gasteiger charge is -2.19. The number of methoxy groups -OCH3 is 1. The van der Waals surface area contributed by atoms with Gasteiger partial charge in [0, 0.05) is 29.4 Å². The molecule has 0 unspecified atom stereocenters. The van der Waals surface area contributed by atoms with Crippen LogP contribution in [0.4, 0.5) is 16.2 Å². The lowest BCUT2D eigenvalue weighted by atomic mass is 9.96. The first-order valence-corrected chi connectivity index (χ1v) is 8.99. The van der Waals surface area contributed by atoms with E-state index in [2.05, 4.69) is 20.4 Å². The summed E-state index contributed by atoms with van der Waals surface area (Å²) in [7, 11) is 1.30. The molecule has 0 saturated heterocycles. The third-order valence-electron chi connectivity index (χ3n) is 4.78. The number of benzene rings is 1. The Morgan fingerprint density at radius 3 is 2.72 bits per heavy atom. The highest BCUT2D eigenvalue weighted by Crippen LogP contribution is 2.33. The number of nitrogens with two attached hydrogens (primary N) is 1. The van der Waals surface area contributed by atoms with Crippen LogP contribution in [0.2, 0.25) is 0 Å². The SMILES string of the molecule is COC(=O)Nc1ccc2c(c1)NC(=O)[C@H](C)CCC[C@H](N)c1cc-2ccn1.Cl.Cl. The van der Waals surface area contributed by atoms with Crippen LogP contribution >= 0.6 is 24.8 Å². The predicted molar refractivity (Wildman–Crippen MR) is 119 cm³/mol. The number of nitrogens with zero attached hydrogens (tertiary/aromatic N) is 1. The molecule has 2 aromatic rings. The predicted octanol–water partition coefficient (Wildman–Crippen LogP) is 4.53. The summed E-state index contributed by atoms with van der Waals surface area (Å²) in [5.74, 6) is -0.206. The van der Waals surface area contributed by atoms with E-state index in [1.807, 2.05) is 25.1 Å². The number of ether oxygens (including phenoxy) is 1. The molecule has 0 fully saturated rings. The quantitative estimate of drug-likeness (QED) is 0.603. The van der Waals surface area contributed by atoms with E-state index in [-0.39, 0.29) is 42.7 Å². The van der Waals surface area contributed by atoms with E-state index in [0.717, 1.165) is 36.1 Å². The smallest absolute Gasteiger partial charge is 0.411 e. The molecule has 1 aliphatic heterocycles. The van der Waals surface area contributed by atoms with E-state index in [1.165, 1.54) is 7.11 Å². The molecule has 1 aliphatic rings. The fraction of sp³-hybridized carbons (Fsp3) is 0.350. The number of halogens is 2. The van der Waals surface area contributed by atoms with Gasteiger partial charge in [-0.05, 0) is 42.7 Å². The minimum Gasteiger partial charge on any atom is -0.453 e. The van der Waals surface area contributed by atoms with Gasteiger partial charge in [-0.15, -0.1) is 24.8 Å². The Labute approximate surface area is 182 Å². The van der Waals surface area contributed by atoms with Crippen molar-refractivity contribution in [3.05, 3.63) is 42.2 Å². The Hall–Kier alpha value is -2.35. The number of hydrogen-bond donors (Lipinski definition) is 3. The summed E-state index contributed by atoms with van der Waals surface area (Å²) in [6.45, 7) is 1.90. The molecule has 2 atom stereocenters. The second-order valence-corrected chi connectivity index (χ2v) is 6.77. The Morgan fingerprint density at radius 2 is 2.00 bits per heavy atom. The van der Waals surface area contributed by atoms with E-state index in [1.54, 1.807) is 18.3 Å². The van der Waals surface area contributed by atoms with Crippen molar-refractivity contribution in [2.45, 2.75) is 32.2 Å². The zero-order chi connectivity index (χ0) is 19.4. The first-order chi connectivity index (χ1) is 13.0. The van der Waals surface area contributed by atoms with Gasteiger partial charge >= 0.3 is 6.09 Å². The third kappa shape index (κ3) is 6.06. The average molecular weight is 441 g/mol. The highest BCUT2D eigenvalue weighted by molar-refractivity contribution is 5.98. The topological polar surface area (TPSA) is 106 Å². The molecule has 0 spiro atoms. The summed E-state index contributed by atoms with van der Waals surface area (Å²) >= 11 is 0. The molecule has 29 heavy (non-hydrogen) atoms. The molecule has 2 amide bonds. The summed E-state index contributed by atoms with van der Waals surface area (Å²) in [6.07, 6.45) is 3.53. The van der Waals surface area contributed by atoms with Crippen molar-refractivity contribution in [3.63, 3.8) is 0 Å². The molecule has 0 radical (unpaired) electrons. The highest BCUT2D eigenvalue weighted by Gasteiger charge is 2.19. The summed E-state index contributed by atoms with van der Waals surface area (Å²) in [4.78, 5) is 28.5. The standard InChI is InChI=1S/C20H24N4O3.2ClH/c1-12-4-3-5-16(21)18-10-13(8-9-22-18)15-7-6-14(23-20(26)27-2)11-17(15)24-19(12)25;;/h6-12,16H,3-5,21H2,1-2H3,(H,23,26)(H,24,25);2*1H/t12-,16+;;/m1../s1. The van der Waals surface area contributed by atoms with E-state index in [0.29, 0.717) is 11.4 Å². The van der Waals surface area contributed by atoms with Gasteiger partial charge in [-0.1, -0.05) is 19.4 Å². The fourth-order valence-corrected chi connectivity index (χ4v) is 3.14. The van der Waals surface area contributed by atoms with Crippen LogP contribution in [0.25, 0.3) is 11.1 Å². The zero-order valence-corrected chi connectivity index (χ0v) is 17.9. The first-order valence-electron chi connectivity index (χ1n) is 8.99. The van der Waals surface area contributed by atoms with Crippen LogP contribution < -0.4 is 16.4 Å². The van der Waals surface area contributed by atoms with Crippen LogP contribution in [0.15, 0.2) is 36.5 Å². The number of hydrogen-bond acceptors (Lipinski definition) is 5. The van der Waals surface area contributed by atoms with Crippen molar-refractivity contribution in [2.75, 3.05) is 17.7 Å². The average Bonchev–Trinajstić information content (AvgIpc) is 2.67. The van der Waals surface area contributed by atoms with Crippen LogP contribution in [-0.4, -0.2) is 24.1 Å². The third-order valence-corrected chi connectivity index (χ3v) is 4.78. The molecule has 1 aromatic carbocycles. The minimum atomic E-state index is -0.569. The first kappa shape index (κ1) is 24.7. The van der Waals surface area contributed by atoms with Gasteiger partial charge in [0.25, 0.3) is 0 Å². The van der Waals surface area contributed by atoms with Crippen molar-refractivity contribution in [3.8, 4) is 11.1 Å². The minimum absolute atomic E-state index is 0. The monoisotopic (exact) mass is 440 g/mol. The number of aromatic nitrogens is 1. The number of carbonyl (C=O) groups excluding carboxylic acids is 2. The number of rotatable bonds is 1. The molecule has 0 aliphatic carbocycles. The number of amides is 2. The Bertz CT molecular complexity index is 863. The number of anilines is 2. The molecule has 3 rings (SSSR count). The number of nitrogens with one attached hydrogen (secondary N) is 2. The number of carbonyl (C=O) groups is 2. The molecule has 1 aromatic heterocycles. The normalized spacial score (nSPS) is 18.4. The highest BCUT2D eigenvalue weighted by atomic mass is 35.5. The van der Waals surface area contributed by atoms with E-state index in [9.17, 15) is 9.59 Å². The summed E-state index contributed by atoms with van der Waals surface area (Å²) in [5, 5.41) is 5.62. The Morgan fingerprint density at radius 1 is 1.24 bits per heavy atom. The molecule has 4 N–H and O–H groups in total. The molecule has 7 nitrogen and oxygen atoms in total. The molecule has 158 valence electrons. The zero-order valence-electron chi connectivity index (χ0n) is 16.3. The van der Waals surface area contributed by atoms with Crippen molar-refractivity contribution in [1.29, 1.82) is 0 Å². The van der Waals surface area contributed by atoms with Gasteiger partial charge in [0.1, 0.15) is 0 Å². The van der Waals surface area contributed by atoms with Crippen LogP contribution in [-0.2, 0) is 9.53 Å². The van der Waals surface area contributed by atoms with Gasteiger partial charge in [-0.3, -0.25) is 15.1 Å². The maximum atomic E-state index is 12.6.